The average Bonchev–Trinajstić information content (AvgIpc) is 2.85. The summed E-state index contributed by atoms with van der Waals surface area (Å²) in [5, 5.41) is 6.89. The Morgan fingerprint density at radius 3 is 2.54 bits per heavy atom. The quantitative estimate of drug-likeness (QED) is 0.651. The molecule has 2 heterocycles. The Morgan fingerprint density at radius 2 is 1.92 bits per heavy atom. The monoisotopic (exact) mass is 407 g/mol. The summed E-state index contributed by atoms with van der Waals surface area (Å²) in [5.74, 6) is -0.191. The van der Waals surface area contributed by atoms with Gasteiger partial charge in [0.25, 0.3) is 0 Å². The summed E-state index contributed by atoms with van der Waals surface area (Å²) in [4.78, 5) is 17.2. The molecule has 0 saturated heterocycles. The number of aryl methyl sites for hydroxylation is 1. The molecule has 0 N–H and O–H groups in total. The summed E-state index contributed by atoms with van der Waals surface area (Å²) in [7, 11) is 0. The number of ketones is 1. The molecule has 0 radical (unpaired) electrons. The van der Waals surface area contributed by atoms with Crippen molar-refractivity contribution < 1.29 is 4.79 Å². The first-order chi connectivity index (χ1) is 12.3. The summed E-state index contributed by atoms with van der Waals surface area (Å²) in [5.41, 5.74) is 1.98. The van der Waals surface area contributed by atoms with E-state index >= 15 is 0 Å². The van der Waals surface area contributed by atoms with Gasteiger partial charge in [0, 0.05) is 45.0 Å². The van der Waals surface area contributed by atoms with Crippen LogP contribution < -0.4 is 0 Å². The minimum atomic E-state index is -0.259. The smallest absolute Gasteiger partial charge is 0.165 e. The Balaban J connectivity index is 2.00. The average molecular weight is 408 g/mol. The van der Waals surface area contributed by atoms with Gasteiger partial charge in [0.1, 0.15) is 5.03 Å². The predicted octanol–water partition coefficient (Wildman–Crippen LogP) is 5.56. The number of aromatic nitrogens is 2. The predicted molar refractivity (Wildman–Crippen MR) is 108 cm³/mol. The van der Waals surface area contributed by atoms with Crippen molar-refractivity contribution in [2.75, 3.05) is 0 Å². The fraction of sp³-hybridized carbons (Fsp3) is 0.316. The minimum Gasteiger partial charge on any atom is -0.294 e. The number of hydrogen-bond acceptors (Lipinski definition) is 4. The lowest BCUT2D eigenvalue weighted by molar-refractivity contribution is -0.116. The Hall–Kier alpha value is -1.56. The molecule has 136 valence electrons. The number of allylic oxidation sites excluding steroid dienone is 1. The first-order valence-electron chi connectivity index (χ1n) is 8.30. The van der Waals surface area contributed by atoms with Crippen LogP contribution in [0, 0.1) is 12.8 Å². The van der Waals surface area contributed by atoms with Crippen molar-refractivity contribution in [2.45, 2.75) is 43.2 Å². The first kappa shape index (κ1) is 19.2. The van der Waals surface area contributed by atoms with Crippen molar-refractivity contribution in [3.63, 3.8) is 0 Å². The molecule has 1 aromatic heterocycles. The molecule has 0 spiro atoms. The van der Waals surface area contributed by atoms with Gasteiger partial charge in [-0.2, -0.15) is 5.10 Å². The van der Waals surface area contributed by atoms with Crippen LogP contribution in [0.4, 0.5) is 0 Å². The van der Waals surface area contributed by atoms with Crippen molar-refractivity contribution in [3.8, 4) is 0 Å². The van der Waals surface area contributed by atoms with Crippen LogP contribution >= 0.6 is 35.0 Å². The number of benzene rings is 1. The molecule has 4 nitrogen and oxygen atoms in total. The van der Waals surface area contributed by atoms with Gasteiger partial charge in [0.2, 0.25) is 0 Å². The molecule has 1 aromatic carbocycles. The van der Waals surface area contributed by atoms with Crippen molar-refractivity contribution in [1.82, 2.24) is 9.78 Å². The molecule has 3 rings (SSSR count). The third-order valence-electron chi connectivity index (χ3n) is 4.08. The normalized spacial score (nSPS) is 16.7. The van der Waals surface area contributed by atoms with Gasteiger partial charge in [0.15, 0.2) is 5.78 Å². The van der Waals surface area contributed by atoms with E-state index in [0.717, 1.165) is 21.2 Å². The van der Waals surface area contributed by atoms with E-state index in [1.807, 2.05) is 23.7 Å². The molecule has 26 heavy (non-hydrogen) atoms. The highest BCUT2D eigenvalue weighted by molar-refractivity contribution is 7.99. The number of hydrogen-bond donors (Lipinski definition) is 0. The van der Waals surface area contributed by atoms with E-state index in [9.17, 15) is 4.79 Å². The Kier molecular flexibility index (Phi) is 5.90. The zero-order chi connectivity index (χ0) is 18.8. The van der Waals surface area contributed by atoms with Gasteiger partial charge in [-0.3, -0.25) is 14.5 Å². The maximum absolute atomic E-state index is 12.2. The zero-order valence-electron chi connectivity index (χ0n) is 14.7. The van der Waals surface area contributed by atoms with Gasteiger partial charge in [-0.05, 0) is 45.4 Å². The summed E-state index contributed by atoms with van der Waals surface area (Å²) < 4.78 is 1.99. The second-order valence-corrected chi connectivity index (χ2v) is 8.38. The number of rotatable bonds is 5. The van der Waals surface area contributed by atoms with E-state index in [1.165, 1.54) is 12.3 Å². The van der Waals surface area contributed by atoms with Crippen molar-refractivity contribution in [2.24, 2.45) is 10.9 Å². The van der Waals surface area contributed by atoms with Gasteiger partial charge in [-0.1, -0.05) is 35.0 Å². The van der Waals surface area contributed by atoms with E-state index in [1.54, 1.807) is 24.0 Å². The molecule has 0 fully saturated rings. The van der Waals surface area contributed by atoms with Crippen LogP contribution in [-0.2, 0) is 11.2 Å². The van der Waals surface area contributed by atoms with E-state index in [-0.39, 0.29) is 17.7 Å². The lowest BCUT2D eigenvalue weighted by Gasteiger charge is -2.15. The number of carbonyl (C=O) groups is 1. The number of aliphatic imine (C=N–C) groups is 1. The van der Waals surface area contributed by atoms with E-state index in [2.05, 4.69) is 18.8 Å². The van der Waals surface area contributed by atoms with E-state index in [0.29, 0.717) is 16.5 Å². The molecule has 1 atom stereocenters. The number of nitrogens with zero attached hydrogens (tertiary/aromatic N) is 3. The maximum atomic E-state index is 12.2. The largest absolute Gasteiger partial charge is 0.294 e. The summed E-state index contributed by atoms with van der Waals surface area (Å²) in [6.07, 6.45) is 5.34. The van der Waals surface area contributed by atoms with Crippen LogP contribution in [-0.4, -0.2) is 21.8 Å². The molecule has 0 bridgehead atoms. The number of carbonyl (C=O) groups excluding carboxylic acids is 1. The van der Waals surface area contributed by atoms with Crippen LogP contribution in [0.1, 0.15) is 31.1 Å². The molecular weight excluding hydrogens is 389 g/mol. The maximum Gasteiger partial charge on any atom is 0.165 e. The first-order valence-corrected chi connectivity index (χ1v) is 9.88. The van der Waals surface area contributed by atoms with Crippen molar-refractivity contribution in [3.05, 3.63) is 51.8 Å². The highest BCUT2D eigenvalue weighted by Crippen LogP contribution is 2.37. The van der Waals surface area contributed by atoms with E-state index < -0.39 is 0 Å². The van der Waals surface area contributed by atoms with Gasteiger partial charge in [-0.15, -0.1) is 0 Å². The standard InChI is InChI=1S/C19H19Cl2N3OS/c1-11(2)24-19(26-16-8-14(20)7-15(21)9-16)17(12(3)23-24)6-13-10-22-5-4-18(13)25/h4-5,7-11,13H,6H2,1-3H3. The topological polar surface area (TPSA) is 47.2 Å². The molecule has 1 aliphatic rings. The molecule has 7 heteroatoms. The molecule has 0 aliphatic carbocycles. The van der Waals surface area contributed by atoms with Crippen LogP contribution in [0.25, 0.3) is 0 Å². The van der Waals surface area contributed by atoms with Gasteiger partial charge in [-0.25, -0.2) is 0 Å². The summed E-state index contributed by atoms with van der Waals surface area (Å²) in [6.45, 7) is 6.14. The molecule has 1 unspecified atom stereocenters. The third kappa shape index (κ3) is 4.22. The zero-order valence-corrected chi connectivity index (χ0v) is 17.1. The Bertz CT molecular complexity index is 882. The molecular formula is C19H19Cl2N3OS. The number of halogens is 2. The van der Waals surface area contributed by atoms with Gasteiger partial charge < -0.3 is 0 Å². The van der Waals surface area contributed by atoms with Gasteiger partial charge in [0.05, 0.1) is 11.6 Å². The Labute approximate surface area is 167 Å². The molecule has 0 saturated carbocycles. The highest BCUT2D eigenvalue weighted by atomic mass is 35.5. The highest BCUT2D eigenvalue weighted by Gasteiger charge is 2.24. The fourth-order valence-electron chi connectivity index (χ4n) is 2.79. The van der Waals surface area contributed by atoms with Crippen LogP contribution in [0.2, 0.25) is 10.0 Å². The van der Waals surface area contributed by atoms with Crippen LogP contribution in [0.5, 0.6) is 0 Å². The second-order valence-electron chi connectivity index (χ2n) is 6.44. The molecule has 2 aromatic rings. The van der Waals surface area contributed by atoms with Gasteiger partial charge >= 0.3 is 0 Å². The van der Waals surface area contributed by atoms with E-state index in [4.69, 9.17) is 28.3 Å². The molecule has 0 amide bonds. The third-order valence-corrected chi connectivity index (χ3v) is 5.62. The summed E-state index contributed by atoms with van der Waals surface area (Å²) in [6, 6.07) is 5.66. The van der Waals surface area contributed by atoms with Crippen molar-refractivity contribution in [1.29, 1.82) is 0 Å². The SMILES string of the molecule is Cc1nn(C(C)C)c(Sc2cc(Cl)cc(Cl)c2)c1CC1C=NC=CC1=O. The molecule has 1 aliphatic heterocycles. The van der Waals surface area contributed by atoms with Crippen molar-refractivity contribution >= 4 is 47.0 Å². The van der Waals surface area contributed by atoms with Crippen LogP contribution in [0.15, 0.2) is 45.4 Å². The Morgan fingerprint density at radius 1 is 1.23 bits per heavy atom. The van der Waals surface area contributed by atoms with Crippen LogP contribution in [0.3, 0.4) is 0 Å². The minimum absolute atomic E-state index is 0.0680. The summed E-state index contributed by atoms with van der Waals surface area (Å²) >= 11 is 13.9. The lowest BCUT2D eigenvalue weighted by atomic mass is 9.95. The lowest BCUT2D eigenvalue weighted by Crippen LogP contribution is -2.19. The fourth-order valence-corrected chi connectivity index (χ4v) is 4.74. The second kappa shape index (κ2) is 7.99.